The summed E-state index contributed by atoms with van der Waals surface area (Å²) in [5.74, 6) is 0.867. The van der Waals surface area contributed by atoms with Crippen molar-refractivity contribution in [3.05, 3.63) is 0 Å². The van der Waals surface area contributed by atoms with Gasteiger partial charge in [0.2, 0.25) is 0 Å². The van der Waals surface area contributed by atoms with E-state index >= 15 is 0 Å². The zero-order chi connectivity index (χ0) is 10.6. The Morgan fingerprint density at radius 1 is 1.36 bits per heavy atom. The standard InChI is InChI=1S/C12H25NO/c1-4-6-8-10-9-11(10)13(3)12(14)7-5-2/h10-12,14H,4-9H2,1-3H3. The predicted octanol–water partition coefficient (Wildman–Crippen LogP) is 2.62. The Kier molecular flexibility index (Phi) is 4.90. The molecule has 0 amide bonds. The van der Waals surface area contributed by atoms with Gasteiger partial charge in [0, 0.05) is 6.04 Å². The molecule has 0 aromatic rings. The van der Waals surface area contributed by atoms with Crippen molar-refractivity contribution >= 4 is 0 Å². The van der Waals surface area contributed by atoms with Crippen molar-refractivity contribution in [3.8, 4) is 0 Å². The predicted molar refractivity (Wildman–Crippen MR) is 60.1 cm³/mol. The highest BCUT2D eigenvalue weighted by molar-refractivity contribution is 4.94. The molecule has 1 fully saturated rings. The first-order valence-corrected chi connectivity index (χ1v) is 6.10. The van der Waals surface area contributed by atoms with Crippen molar-refractivity contribution < 1.29 is 5.11 Å². The maximum absolute atomic E-state index is 9.80. The van der Waals surface area contributed by atoms with Gasteiger partial charge in [-0.15, -0.1) is 0 Å². The van der Waals surface area contributed by atoms with Crippen molar-refractivity contribution in [2.75, 3.05) is 7.05 Å². The third kappa shape index (κ3) is 3.25. The molecule has 2 heteroatoms. The van der Waals surface area contributed by atoms with Crippen LogP contribution in [-0.2, 0) is 0 Å². The SMILES string of the molecule is CCCCC1CC1N(C)C(O)CCC. The number of unbranched alkanes of at least 4 members (excludes halogenated alkanes) is 1. The van der Waals surface area contributed by atoms with Crippen molar-refractivity contribution in [1.29, 1.82) is 0 Å². The average Bonchev–Trinajstić information content (AvgIpc) is 2.93. The summed E-state index contributed by atoms with van der Waals surface area (Å²) in [5, 5.41) is 9.80. The third-order valence-electron chi connectivity index (χ3n) is 3.35. The summed E-state index contributed by atoms with van der Waals surface area (Å²) in [6.07, 6.45) is 7.06. The molecule has 3 atom stereocenters. The Morgan fingerprint density at radius 3 is 2.64 bits per heavy atom. The first-order chi connectivity index (χ1) is 6.70. The summed E-state index contributed by atoms with van der Waals surface area (Å²) in [7, 11) is 2.07. The van der Waals surface area contributed by atoms with E-state index in [-0.39, 0.29) is 6.23 Å². The average molecular weight is 199 g/mol. The minimum atomic E-state index is -0.211. The van der Waals surface area contributed by atoms with Gasteiger partial charge in [0.15, 0.2) is 0 Å². The molecule has 84 valence electrons. The summed E-state index contributed by atoms with van der Waals surface area (Å²) in [6.45, 7) is 4.37. The van der Waals surface area contributed by atoms with Crippen LogP contribution in [0, 0.1) is 5.92 Å². The topological polar surface area (TPSA) is 23.5 Å². The molecule has 1 saturated carbocycles. The summed E-state index contributed by atoms with van der Waals surface area (Å²) >= 11 is 0. The number of rotatable bonds is 7. The Labute approximate surface area is 88.3 Å². The quantitative estimate of drug-likeness (QED) is 0.637. The zero-order valence-electron chi connectivity index (χ0n) is 9.87. The molecular weight excluding hydrogens is 174 g/mol. The molecule has 14 heavy (non-hydrogen) atoms. The van der Waals surface area contributed by atoms with Crippen LogP contribution in [0.3, 0.4) is 0 Å². The number of hydrogen-bond donors (Lipinski definition) is 1. The number of hydrogen-bond acceptors (Lipinski definition) is 2. The zero-order valence-corrected chi connectivity index (χ0v) is 9.87. The van der Waals surface area contributed by atoms with Gasteiger partial charge < -0.3 is 5.11 Å². The van der Waals surface area contributed by atoms with Crippen LogP contribution in [0.4, 0.5) is 0 Å². The Bertz CT molecular complexity index is 160. The maximum atomic E-state index is 9.80. The van der Waals surface area contributed by atoms with Crippen molar-refractivity contribution in [2.24, 2.45) is 5.92 Å². The smallest absolute Gasteiger partial charge is 0.107 e. The van der Waals surface area contributed by atoms with E-state index in [1.165, 1.54) is 25.7 Å². The molecule has 0 bridgehead atoms. The van der Waals surface area contributed by atoms with E-state index in [1.807, 2.05) is 0 Å². The lowest BCUT2D eigenvalue weighted by atomic mass is 10.2. The van der Waals surface area contributed by atoms with Gasteiger partial charge in [0.1, 0.15) is 6.23 Å². The van der Waals surface area contributed by atoms with Crippen LogP contribution < -0.4 is 0 Å². The molecule has 0 aliphatic heterocycles. The molecule has 1 N–H and O–H groups in total. The molecule has 0 aromatic heterocycles. The number of aliphatic hydroxyl groups is 1. The number of nitrogens with zero attached hydrogens (tertiary/aromatic N) is 1. The van der Waals surface area contributed by atoms with E-state index in [4.69, 9.17) is 0 Å². The van der Waals surface area contributed by atoms with E-state index in [2.05, 4.69) is 25.8 Å². The molecule has 0 aromatic carbocycles. The van der Waals surface area contributed by atoms with Gasteiger partial charge in [-0.05, 0) is 32.2 Å². The Morgan fingerprint density at radius 2 is 2.07 bits per heavy atom. The molecule has 0 radical (unpaired) electrons. The molecule has 1 aliphatic rings. The highest BCUT2D eigenvalue weighted by Crippen LogP contribution is 2.39. The fourth-order valence-electron chi connectivity index (χ4n) is 2.19. The van der Waals surface area contributed by atoms with Gasteiger partial charge in [0.05, 0.1) is 0 Å². The van der Waals surface area contributed by atoms with Gasteiger partial charge in [-0.1, -0.05) is 33.1 Å². The maximum Gasteiger partial charge on any atom is 0.107 e. The van der Waals surface area contributed by atoms with E-state index in [0.29, 0.717) is 6.04 Å². The second kappa shape index (κ2) is 5.72. The second-order valence-corrected chi connectivity index (χ2v) is 4.64. The van der Waals surface area contributed by atoms with E-state index < -0.39 is 0 Å². The van der Waals surface area contributed by atoms with Crippen LogP contribution in [0.5, 0.6) is 0 Å². The highest BCUT2D eigenvalue weighted by atomic mass is 16.3. The van der Waals surface area contributed by atoms with Gasteiger partial charge in [0.25, 0.3) is 0 Å². The normalized spacial score (nSPS) is 28.1. The summed E-state index contributed by atoms with van der Waals surface area (Å²) in [6, 6.07) is 0.670. The van der Waals surface area contributed by atoms with Crippen molar-refractivity contribution in [1.82, 2.24) is 4.90 Å². The lowest BCUT2D eigenvalue weighted by molar-refractivity contribution is 0.00643. The van der Waals surface area contributed by atoms with Crippen LogP contribution in [-0.4, -0.2) is 29.3 Å². The van der Waals surface area contributed by atoms with Gasteiger partial charge in [-0.2, -0.15) is 0 Å². The van der Waals surface area contributed by atoms with Crippen molar-refractivity contribution in [3.63, 3.8) is 0 Å². The van der Waals surface area contributed by atoms with Crippen LogP contribution in [0.15, 0.2) is 0 Å². The highest BCUT2D eigenvalue weighted by Gasteiger charge is 2.40. The first-order valence-electron chi connectivity index (χ1n) is 6.10. The summed E-state index contributed by atoms with van der Waals surface area (Å²) in [4.78, 5) is 2.17. The Balaban J connectivity index is 2.17. The monoisotopic (exact) mass is 199 g/mol. The molecule has 0 spiro atoms. The van der Waals surface area contributed by atoms with Crippen molar-refractivity contribution in [2.45, 2.75) is 64.6 Å². The molecule has 1 aliphatic carbocycles. The molecule has 1 rings (SSSR count). The van der Waals surface area contributed by atoms with E-state index in [9.17, 15) is 5.11 Å². The van der Waals surface area contributed by atoms with Gasteiger partial charge >= 0.3 is 0 Å². The molecule has 0 saturated heterocycles. The first kappa shape index (κ1) is 12.0. The van der Waals surface area contributed by atoms with Crippen LogP contribution in [0.1, 0.15) is 52.4 Å². The van der Waals surface area contributed by atoms with E-state index in [0.717, 1.165) is 18.8 Å². The van der Waals surface area contributed by atoms with Gasteiger partial charge in [-0.25, -0.2) is 0 Å². The van der Waals surface area contributed by atoms with Gasteiger partial charge in [-0.3, -0.25) is 4.90 Å². The summed E-state index contributed by atoms with van der Waals surface area (Å²) in [5.41, 5.74) is 0. The lowest BCUT2D eigenvalue weighted by Gasteiger charge is -2.23. The largest absolute Gasteiger partial charge is 0.378 e. The summed E-state index contributed by atoms with van der Waals surface area (Å²) < 4.78 is 0. The minimum Gasteiger partial charge on any atom is -0.378 e. The van der Waals surface area contributed by atoms with Crippen LogP contribution in [0.2, 0.25) is 0 Å². The van der Waals surface area contributed by atoms with Crippen LogP contribution >= 0.6 is 0 Å². The molecule has 0 heterocycles. The third-order valence-corrected chi connectivity index (χ3v) is 3.35. The number of aliphatic hydroxyl groups excluding tert-OH is 1. The lowest BCUT2D eigenvalue weighted by Crippen LogP contribution is -2.34. The molecular formula is C12H25NO. The van der Waals surface area contributed by atoms with E-state index in [1.54, 1.807) is 0 Å². The Hall–Kier alpha value is -0.0800. The minimum absolute atomic E-state index is 0.211. The fraction of sp³-hybridized carbons (Fsp3) is 1.00. The molecule has 3 unspecified atom stereocenters. The van der Waals surface area contributed by atoms with Crippen LogP contribution in [0.25, 0.3) is 0 Å². The second-order valence-electron chi connectivity index (χ2n) is 4.64. The molecule has 2 nitrogen and oxygen atoms in total. The fourth-order valence-corrected chi connectivity index (χ4v) is 2.19.